The van der Waals surface area contributed by atoms with Gasteiger partial charge >= 0.3 is 6.16 Å². The van der Waals surface area contributed by atoms with Crippen molar-refractivity contribution < 1.29 is 19.4 Å². The number of halogens is 1. The minimum Gasteiger partial charge on any atom is -0.425 e. The van der Waals surface area contributed by atoms with Crippen molar-refractivity contribution >= 4 is 50.1 Å². The predicted molar refractivity (Wildman–Crippen MR) is 98.8 cm³/mol. The zero-order valence-corrected chi connectivity index (χ0v) is 14.2. The van der Waals surface area contributed by atoms with E-state index in [1.165, 1.54) is 5.39 Å². The number of aliphatic hydroxyl groups excluding tert-OH is 1. The fraction of sp³-hybridized carbons (Fsp3) is 0.190. The molecule has 0 amide bonds. The summed E-state index contributed by atoms with van der Waals surface area (Å²) in [5.74, 6) is 0. The monoisotopic (exact) mass is 364 g/mol. The molecule has 6 rings (SSSR count). The maximum Gasteiger partial charge on any atom is 0.509 e. The molecule has 1 heterocycles. The molecule has 4 aromatic carbocycles. The van der Waals surface area contributed by atoms with Crippen molar-refractivity contribution in [2.75, 3.05) is 0 Å². The molecule has 1 fully saturated rings. The zero-order chi connectivity index (χ0) is 17.6. The summed E-state index contributed by atoms with van der Waals surface area (Å²) in [5.41, 5.74) is 1.53. The molecule has 4 aromatic rings. The molecule has 0 aromatic heterocycles. The van der Waals surface area contributed by atoms with Gasteiger partial charge in [-0.3, -0.25) is 0 Å². The molecule has 0 bridgehead atoms. The van der Waals surface area contributed by atoms with E-state index in [-0.39, 0.29) is 0 Å². The van der Waals surface area contributed by atoms with Crippen molar-refractivity contribution in [1.82, 2.24) is 0 Å². The second kappa shape index (κ2) is 4.78. The summed E-state index contributed by atoms with van der Waals surface area (Å²) in [6.07, 6.45) is -3.20. The minimum absolute atomic E-state index is 0.575. The fourth-order valence-corrected chi connectivity index (χ4v) is 5.04. The van der Waals surface area contributed by atoms with Gasteiger partial charge in [-0.2, -0.15) is 0 Å². The van der Waals surface area contributed by atoms with E-state index in [2.05, 4.69) is 30.3 Å². The van der Waals surface area contributed by atoms with Gasteiger partial charge in [-0.25, -0.2) is 4.79 Å². The van der Waals surface area contributed by atoms with Crippen molar-refractivity contribution in [1.29, 1.82) is 0 Å². The molecule has 26 heavy (non-hydrogen) atoms. The van der Waals surface area contributed by atoms with Crippen molar-refractivity contribution in [3.05, 3.63) is 59.7 Å². The average molecular weight is 365 g/mol. The summed E-state index contributed by atoms with van der Waals surface area (Å²) in [6, 6.07) is 16.5. The number of fused-ring (bicyclic) bond motifs is 3. The highest BCUT2D eigenvalue weighted by Gasteiger charge is 2.51. The summed E-state index contributed by atoms with van der Waals surface area (Å²) < 4.78 is 10.4. The summed E-state index contributed by atoms with van der Waals surface area (Å²) in [5, 5.41) is 16.9. The van der Waals surface area contributed by atoms with Crippen LogP contribution in [0.2, 0.25) is 0 Å². The molecule has 0 saturated carbocycles. The largest absolute Gasteiger partial charge is 0.509 e. The van der Waals surface area contributed by atoms with Crippen LogP contribution in [0.3, 0.4) is 0 Å². The van der Waals surface area contributed by atoms with Crippen LogP contribution in [0.25, 0.3) is 32.3 Å². The Hall–Kier alpha value is -2.56. The van der Waals surface area contributed by atoms with Crippen LogP contribution in [0.15, 0.2) is 48.5 Å². The Bertz CT molecular complexity index is 1200. The smallest absolute Gasteiger partial charge is 0.425 e. The predicted octanol–water partition coefficient (Wildman–Crippen LogP) is 4.81. The van der Waals surface area contributed by atoms with Gasteiger partial charge in [0.1, 0.15) is 11.5 Å². The molecule has 128 valence electrons. The molecule has 5 heteroatoms. The summed E-state index contributed by atoms with van der Waals surface area (Å²) in [7, 11) is 0. The number of benzene rings is 4. The van der Waals surface area contributed by atoms with Crippen molar-refractivity contribution in [3.63, 3.8) is 0 Å². The maximum absolute atomic E-state index is 11.6. The first kappa shape index (κ1) is 14.6. The standard InChI is InChI=1S/C21H13ClO4/c22-17-16-12-7-6-10-3-1-2-9-4-5-11(15(12)14(9)10)8-13(16)18(23)20-19(17)25-21(24)26-20/h1-8,17-20,23H/t17-,18+,19+,20-/m0/s1. The third kappa shape index (κ3) is 1.66. The third-order valence-corrected chi connectivity index (χ3v) is 6.17. The zero-order valence-electron chi connectivity index (χ0n) is 13.5. The quantitative estimate of drug-likeness (QED) is 0.276. The Morgan fingerprint density at radius 3 is 2.38 bits per heavy atom. The maximum atomic E-state index is 11.6. The van der Waals surface area contributed by atoms with Gasteiger partial charge in [-0.05, 0) is 49.5 Å². The van der Waals surface area contributed by atoms with Gasteiger partial charge in [0.15, 0.2) is 12.2 Å². The van der Waals surface area contributed by atoms with E-state index < -0.39 is 29.8 Å². The van der Waals surface area contributed by atoms with Crippen LogP contribution in [0.4, 0.5) is 4.79 Å². The number of alkyl halides is 1. The van der Waals surface area contributed by atoms with Crippen LogP contribution in [0.5, 0.6) is 0 Å². The molecule has 1 aliphatic carbocycles. The van der Waals surface area contributed by atoms with Crippen LogP contribution in [-0.4, -0.2) is 23.5 Å². The molecule has 0 spiro atoms. The first-order chi connectivity index (χ1) is 12.6. The molecule has 1 saturated heterocycles. The molecule has 4 nitrogen and oxygen atoms in total. The van der Waals surface area contributed by atoms with Crippen LogP contribution in [-0.2, 0) is 9.47 Å². The minimum atomic E-state index is -0.960. The SMILES string of the molecule is O=C1O[C@@H]2[C@H](O1)[C@@H](Cl)c1c(cc3ccc4cccc5ccc1c3c45)[C@H]2O. The topological polar surface area (TPSA) is 55.8 Å². The molecule has 1 N–H and O–H groups in total. The van der Waals surface area contributed by atoms with Crippen molar-refractivity contribution in [2.45, 2.75) is 23.7 Å². The van der Waals surface area contributed by atoms with Gasteiger partial charge in [0, 0.05) is 0 Å². The Morgan fingerprint density at radius 2 is 1.58 bits per heavy atom. The Balaban J connectivity index is 1.76. The van der Waals surface area contributed by atoms with Crippen molar-refractivity contribution in [2.24, 2.45) is 0 Å². The first-order valence-corrected chi connectivity index (χ1v) is 8.97. The normalized spacial score (nSPS) is 27.5. The van der Waals surface area contributed by atoms with Gasteiger partial charge in [-0.1, -0.05) is 42.5 Å². The summed E-state index contributed by atoms with van der Waals surface area (Å²) in [4.78, 5) is 11.6. The lowest BCUT2D eigenvalue weighted by atomic mass is 9.80. The number of hydrogen-bond acceptors (Lipinski definition) is 4. The number of carbonyl (C=O) groups is 1. The highest BCUT2D eigenvalue weighted by atomic mass is 35.5. The van der Waals surface area contributed by atoms with Crippen molar-refractivity contribution in [3.8, 4) is 0 Å². The van der Waals surface area contributed by atoms with Gasteiger partial charge in [0.25, 0.3) is 0 Å². The van der Waals surface area contributed by atoms with E-state index >= 15 is 0 Å². The Kier molecular flexibility index (Phi) is 2.68. The number of ether oxygens (including phenoxy) is 2. The lowest BCUT2D eigenvalue weighted by molar-refractivity contribution is 0.00249. The molecule has 0 unspecified atom stereocenters. The molecule has 2 aliphatic rings. The van der Waals surface area contributed by atoms with E-state index in [1.807, 2.05) is 18.2 Å². The molecule has 1 aliphatic heterocycles. The first-order valence-electron chi connectivity index (χ1n) is 8.53. The van der Waals surface area contributed by atoms with E-state index in [0.29, 0.717) is 5.56 Å². The van der Waals surface area contributed by atoms with Crippen LogP contribution >= 0.6 is 11.6 Å². The molecule has 0 radical (unpaired) electrons. The van der Waals surface area contributed by atoms with Crippen LogP contribution in [0.1, 0.15) is 22.6 Å². The Labute approximate surface area is 153 Å². The van der Waals surface area contributed by atoms with E-state index in [0.717, 1.165) is 32.5 Å². The lowest BCUT2D eigenvalue weighted by Crippen LogP contribution is -2.37. The fourth-order valence-electron chi connectivity index (χ4n) is 4.60. The van der Waals surface area contributed by atoms with Gasteiger partial charge in [-0.15, -0.1) is 11.6 Å². The van der Waals surface area contributed by atoms with Crippen LogP contribution < -0.4 is 0 Å². The van der Waals surface area contributed by atoms with Gasteiger partial charge in [0.05, 0.1) is 0 Å². The number of aliphatic hydroxyl groups is 1. The Morgan fingerprint density at radius 1 is 0.885 bits per heavy atom. The second-order valence-electron chi connectivity index (χ2n) is 7.00. The second-order valence-corrected chi connectivity index (χ2v) is 7.47. The lowest BCUT2D eigenvalue weighted by Gasteiger charge is -2.33. The number of carbonyl (C=O) groups excluding carboxylic acids is 1. The number of rotatable bonds is 0. The highest BCUT2D eigenvalue weighted by Crippen LogP contribution is 2.50. The molecular formula is C21H13ClO4. The highest BCUT2D eigenvalue weighted by molar-refractivity contribution is 6.27. The summed E-state index contributed by atoms with van der Waals surface area (Å²) in [6.45, 7) is 0. The van der Waals surface area contributed by atoms with Gasteiger partial charge in [0.2, 0.25) is 0 Å². The van der Waals surface area contributed by atoms with E-state index in [9.17, 15) is 9.90 Å². The average Bonchev–Trinajstić information content (AvgIpc) is 3.06. The third-order valence-electron chi connectivity index (χ3n) is 5.70. The van der Waals surface area contributed by atoms with E-state index in [1.54, 1.807) is 0 Å². The van der Waals surface area contributed by atoms with Gasteiger partial charge < -0.3 is 14.6 Å². The number of hydrogen-bond donors (Lipinski definition) is 1. The molecular weight excluding hydrogens is 352 g/mol. The molecule has 4 atom stereocenters. The summed E-state index contributed by atoms with van der Waals surface area (Å²) >= 11 is 6.73. The van der Waals surface area contributed by atoms with E-state index in [4.69, 9.17) is 21.1 Å². The van der Waals surface area contributed by atoms with Crippen LogP contribution in [0, 0.1) is 0 Å².